The van der Waals surface area contributed by atoms with Crippen molar-refractivity contribution in [1.82, 2.24) is 0 Å². The van der Waals surface area contributed by atoms with E-state index in [1.807, 2.05) is 32.0 Å². The van der Waals surface area contributed by atoms with Gasteiger partial charge in [-0.3, -0.25) is 0 Å². The Labute approximate surface area is 79.0 Å². The van der Waals surface area contributed by atoms with Crippen molar-refractivity contribution < 1.29 is 4.74 Å². The molecule has 0 aliphatic heterocycles. The molecule has 0 bridgehead atoms. The summed E-state index contributed by atoms with van der Waals surface area (Å²) in [7, 11) is 0. The van der Waals surface area contributed by atoms with Gasteiger partial charge in [-0.15, -0.1) is 0 Å². The van der Waals surface area contributed by atoms with Crippen molar-refractivity contribution in [3.8, 4) is 0 Å². The molecule has 1 aromatic carbocycles. The van der Waals surface area contributed by atoms with Crippen molar-refractivity contribution in [2.45, 2.75) is 13.8 Å². The number of hydrogen-bond donors (Lipinski definition) is 1. The third-order valence-electron chi connectivity index (χ3n) is 1.83. The zero-order chi connectivity index (χ0) is 9.84. The van der Waals surface area contributed by atoms with Crippen LogP contribution in [0.4, 0.5) is 5.69 Å². The summed E-state index contributed by atoms with van der Waals surface area (Å²) >= 11 is 0. The molecule has 2 nitrogen and oxygen atoms in total. The molecule has 0 aliphatic rings. The highest BCUT2D eigenvalue weighted by atomic mass is 16.5. The predicted molar refractivity (Wildman–Crippen MR) is 56.3 cm³/mol. The summed E-state index contributed by atoms with van der Waals surface area (Å²) in [5, 5.41) is 0. The van der Waals surface area contributed by atoms with Crippen LogP contribution in [-0.4, -0.2) is 6.61 Å². The van der Waals surface area contributed by atoms with Crippen LogP contribution in [0.3, 0.4) is 0 Å². The highest BCUT2D eigenvalue weighted by molar-refractivity contribution is 5.70. The molecular weight excluding hydrogens is 162 g/mol. The van der Waals surface area contributed by atoms with E-state index in [1.54, 1.807) is 0 Å². The van der Waals surface area contributed by atoms with Crippen LogP contribution in [0.15, 0.2) is 24.8 Å². The quantitative estimate of drug-likeness (QED) is 0.569. The topological polar surface area (TPSA) is 35.2 Å². The van der Waals surface area contributed by atoms with E-state index in [9.17, 15) is 0 Å². The van der Waals surface area contributed by atoms with Gasteiger partial charge < -0.3 is 10.5 Å². The van der Waals surface area contributed by atoms with E-state index in [4.69, 9.17) is 10.5 Å². The Kier molecular flexibility index (Phi) is 2.96. The van der Waals surface area contributed by atoms with Crippen LogP contribution in [0.1, 0.15) is 18.1 Å². The van der Waals surface area contributed by atoms with Crippen LogP contribution >= 0.6 is 0 Å². The minimum Gasteiger partial charge on any atom is -0.494 e. The van der Waals surface area contributed by atoms with Crippen LogP contribution in [0.25, 0.3) is 5.76 Å². The second kappa shape index (κ2) is 3.99. The monoisotopic (exact) mass is 177 g/mol. The van der Waals surface area contributed by atoms with Crippen molar-refractivity contribution >= 4 is 11.4 Å². The van der Waals surface area contributed by atoms with Crippen LogP contribution in [0, 0.1) is 6.92 Å². The maximum atomic E-state index is 5.81. The first-order valence-corrected chi connectivity index (χ1v) is 4.33. The Morgan fingerprint density at radius 3 is 2.77 bits per heavy atom. The van der Waals surface area contributed by atoms with Crippen LogP contribution < -0.4 is 5.73 Å². The van der Waals surface area contributed by atoms with Crippen LogP contribution in [0.5, 0.6) is 0 Å². The van der Waals surface area contributed by atoms with Crippen molar-refractivity contribution in [3.05, 3.63) is 35.9 Å². The van der Waals surface area contributed by atoms with Gasteiger partial charge in [0.05, 0.1) is 6.61 Å². The Balaban J connectivity index is 2.95. The molecule has 0 atom stereocenters. The van der Waals surface area contributed by atoms with Crippen molar-refractivity contribution in [3.63, 3.8) is 0 Å². The van der Waals surface area contributed by atoms with E-state index in [0.717, 1.165) is 16.8 Å². The summed E-state index contributed by atoms with van der Waals surface area (Å²) in [5.74, 6) is 0.639. The average molecular weight is 177 g/mol. The lowest BCUT2D eigenvalue weighted by Crippen LogP contribution is -1.96. The molecule has 0 radical (unpaired) electrons. The summed E-state index contributed by atoms with van der Waals surface area (Å²) in [6, 6.07) is 5.85. The zero-order valence-corrected chi connectivity index (χ0v) is 8.13. The Hall–Kier alpha value is -1.44. The molecule has 2 N–H and O–H groups in total. The number of ether oxygens (including phenoxy) is 1. The number of nitrogens with two attached hydrogens (primary N) is 1. The summed E-state index contributed by atoms with van der Waals surface area (Å²) in [6.07, 6.45) is 0. The fourth-order valence-electron chi connectivity index (χ4n) is 1.19. The molecule has 1 rings (SSSR count). The van der Waals surface area contributed by atoms with Gasteiger partial charge in [0, 0.05) is 11.3 Å². The molecule has 13 heavy (non-hydrogen) atoms. The maximum absolute atomic E-state index is 5.81. The van der Waals surface area contributed by atoms with E-state index in [-0.39, 0.29) is 0 Å². The van der Waals surface area contributed by atoms with E-state index in [0.29, 0.717) is 12.4 Å². The molecule has 0 heterocycles. The van der Waals surface area contributed by atoms with Gasteiger partial charge in [-0.25, -0.2) is 0 Å². The van der Waals surface area contributed by atoms with E-state index in [2.05, 4.69) is 6.58 Å². The van der Waals surface area contributed by atoms with Gasteiger partial charge in [-0.2, -0.15) is 0 Å². The summed E-state index contributed by atoms with van der Waals surface area (Å²) in [4.78, 5) is 0. The first kappa shape index (κ1) is 9.65. The highest BCUT2D eigenvalue weighted by Crippen LogP contribution is 2.21. The molecule has 0 amide bonds. The molecule has 0 fully saturated rings. The van der Waals surface area contributed by atoms with Crippen LogP contribution in [-0.2, 0) is 4.74 Å². The molecule has 0 saturated carbocycles. The molecule has 1 aromatic rings. The largest absolute Gasteiger partial charge is 0.494 e. The van der Waals surface area contributed by atoms with Gasteiger partial charge in [-0.1, -0.05) is 12.6 Å². The summed E-state index contributed by atoms with van der Waals surface area (Å²) < 4.78 is 5.27. The molecule has 0 unspecified atom stereocenters. The SMILES string of the molecule is C=C(OCC)c1ccc(C)cc1N. The molecular formula is C11H15NO. The van der Waals surface area contributed by atoms with Crippen molar-refractivity contribution in [2.75, 3.05) is 12.3 Å². The highest BCUT2D eigenvalue weighted by Gasteiger charge is 2.03. The second-order valence-corrected chi connectivity index (χ2v) is 2.95. The van der Waals surface area contributed by atoms with Gasteiger partial charge in [0.1, 0.15) is 5.76 Å². The number of aryl methyl sites for hydroxylation is 1. The minimum absolute atomic E-state index is 0.617. The van der Waals surface area contributed by atoms with Gasteiger partial charge in [0.15, 0.2) is 0 Å². The zero-order valence-electron chi connectivity index (χ0n) is 8.13. The fourth-order valence-corrected chi connectivity index (χ4v) is 1.19. The molecule has 0 aromatic heterocycles. The lowest BCUT2D eigenvalue weighted by atomic mass is 10.1. The number of benzene rings is 1. The number of hydrogen-bond acceptors (Lipinski definition) is 2. The van der Waals surface area contributed by atoms with E-state index in [1.165, 1.54) is 0 Å². The standard InChI is InChI=1S/C11H15NO/c1-4-13-9(3)10-6-5-8(2)7-11(10)12/h5-7H,3-4,12H2,1-2H3. The lowest BCUT2D eigenvalue weighted by molar-refractivity contribution is 0.299. The number of rotatable bonds is 3. The minimum atomic E-state index is 0.617. The van der Waals surface area contributed by atoms with E-state index < -0.39 is 0 Å². The average Bonchev–Trinajstić information content (AvgIpc) is 2.04. The predicted octanol–water partition coefficient (Wildman–Crippen LogP) is 2.58. The summed E-state index contributed by atoms with van der Waals surface area (Å²) in [5.41, 5.74) is 8.56. The first-order valence-electron chi connectivity index (χ1n) is 4.33. The Bertz CT molecular complexity index is 318. The third-order valence-corrected chi connectivity index (χ3v) is 1.83. The van der Waals surface area contributed by atoms with E-state index >= 15 is 0 Å². The first-order chi connectivity index (χ1) is 6.15. The van der Waals surface area contributed by atoms with Gasteiger partial charge in [0.25, 0.3) is 0 Å². The molecule has 2 heteroatoms. The van der Waals surface area contributed by atoms with Crippen LogP contribution in [0.2, 0.25) is 0 Å². The van der Waals surface area contributed by atoms with Gasteiger partial charge in [-0.05, 0) is 31.5 Å². The molecule has 0 aliphatic carbocycles. The second-order valence-electron chi connectivity index (χ2n) is 2.95. The van der Waals surface area contributed by atoms with Crippen molar-refractivity contribution in [2.24, 2.45) is 0 Å². The summed E-state index contributed by atoms with van der Waals surface area (Å²) in [6.45, 7) is 8.35. The number of anilines is 1. The molecule has 70 valence electrons. The van der Waals surface area contributed by atoms with Gasteiger partial charge in [0.2, 0.25) is 0 Å². The van der Waals surface area contributed by atoms with Crippen molar-refractivity contribution in [1.29, 1.82) is 0 Å². The number of nitrogen functional groups attached to an aromatic ring is 1. The Morgan fingerprint density at radius 1 is 1.54 bits per heavy atom. The molecule has 0 saturated heterocycles. The smallest absolute Gasteiger partial charge is 0.121 e. The third kappa shape index (κ3) is 2.25. The lowest BCUT2D eigenvalue weighted by Gasteiger charge is -2.09. The fraction of sp³-hybridized carbons (Fsp3) is 0.273. The normalized spacial score (nSPS) is 9.69. The Morgan fingerprint density at radius 2 is 2.23 bits per heavy atom. The van der Waals surface area contributed by atoms with Gasteiger partial charge >= 0.3 is 0 Å². The molecule has 0 spiro atoms. The maximum Gasteiger partial charge on any atom is 0.121 e.